The average molecular weight is 244 g/mol. The Balaban J connectivity index is 2.34. The second kappa shape index (κ2) is 4.41. The molecule has 1 aliphatic heterocycles. The minimum atomic E-state index is -1.46. The number of ether oxygens (including phenoxy) is 1. The maximum Gasteiger partial charge on any atom is 0.330 e. The quantitative estimate of drug-likeness (QED) is 0.421. The van der Waals surface area contributed by atoms with E-state index in [0.29, 0.717) is 0 Å². The molecule has 4 N–H and O–H groups in total. The number of nitrogens with zero attached hydrogens (tertiary/aromatic N) is 1. The fourth-order valence-corrected chi connectivity index (χ4v) is 1.66. The van der Waals surface area contributed by atoms with Crippen LogP contribution >= 0.6 is 0 Å². The summed E-state index contributed by atoms with van der Waals surface area (Å²) in [5.41, 5.74) is -1.33. The Bertz CT molecular complexity index is 509. The summed E-state index contributed by atoms with van der Waals surface area (Å²) in [6, 6.07) is 1.09. The Hall–Kier alpha value is -1.48. The largest absolute Gasteiger partial charge is 0.388 e. The molecule has 2 rings (SSSR count). The highest BCUT2D eigenvalue weighted by Crippen LogP contribution is 2.22. The van der Waals surface area contributed by atoms with Crippen molar-refractivity contribution in [2.24, 2.45) is 0 Å². The third-order valence-corrected chi connectivity index (χ3v) is 2.60. The van der Waals surface area contributed by atoms with Crippen molar-refractivity contribution in [1.29, 1.82) is 0 Å². The SMILES string of the molecule is O=c1ccn(C2OC[C@H](O)[C@H](O)[C@@H]2O)c(=O)[nH]1. The van der Waals surface area contributed by atoms with Crippen molar-refractivity contribution in [2.45, 2.75) is 24.5 Å². The highest BCUT2D eigenvalue weighted by Gasteiger charge is 2.38. The molecule has 1 unspecified atom stereocenters. The lowest BCUT2D eigenvalue weighted by molar-refractivity contribution is -0.212. The van der Waals surface area contributed by atoms with Gasteiger partial charge >= 0.3 is 5.69 Å². The van der Waals surface area contributed by atoms with Gasteiger partial charge in [-0.15, -0.1) is 0 Å². The first-order chi connectivity index (χ1) is 8.00. The van der Waals surface area contributed by atoms with Crippen LogP contribution in [0.2, 0.25) is 0 Å². The van der Waals surface area contributed by atoms with Gasteiger partial charge in [0, 0.05) is 12.3 Å². The maximum atomic E-state index is 11.4. The van der Waals surface area contributed by atoms with E-state index in [0.717, 1.165) is 16.8 Å². The molecule has 8 heteroatoms. The third-order valence-electron chi connectivity index (χ3n) is 2.60. The molecule has 1 aromatic rings. The van der Waals surface area contributed by atoms with Crippen molar-refractivity contribution in [3.8, 4) is 0 Å². The van der Waals surface area contributed by atoms with Crippen LogP contribution in [0, 0.1) is 0 Å². The minimum absolute atomic E-state index is 0.214. The smallest absolute Gasteiger partial charge is 0.330 e. The Kier molecular flexibility index (Phi) is 3.11. The predicted molar refractivity (Wildman–Crippen MR) is 54.3 cm³/mol. The minimum Gasteiger partial charge on any atom is -0.388 e. The van der Waals surface area contributed by atoms with Crippen LogP contribution in [-0.4, -0.2) is 49.8 Å². The number of H-pyrrole nitrogens is 1. The number of aromatic amines is 1. The van der Waals surface area contributed by atoms with Gasteiger partial charge in [-0.3, -0.25) is 14.3 Å². The normalized spacial score (nSPS) is 33.6. The van der Waals surface area contributed by atoms with Gasteiger partial charge in [-0.2, -0.15) is 0 Å². The molecule has 0 aromatic carbocycles. The van der Waals surface area contributed by atoms with Crippen LogP contribution in [0.25, 0.3) is 0 Å². The molecule has 0 amide bonds. The second-order valence-electron chi connectivity index (χ2n) is 3.79. The molecule has 94 valence electrons. The standard InChI is InChI=1S/C9H12N2O6/c12-4-3-17-8(7(15)6(4)14)11-2-1-5(13)10-9(11)16/h1-2,4,6-8,12,14-15H,3H2,(H,10,13,16)/t4-,6-,7-,8?/m0/s1. The molecule has 0 radical (unpaired) electrons. The van der Waals surface area contributed by atoms with E-state index in [4.69, 9.17) is 4.74 Å². The van der Waals surface area contributed by atoms with E-state index in [1.54, 1.807) is 0 Å². The van der Waals surface area contributed by atoms with Crippen molar-refractivity contribution >= 4 is 0 Å². The van der Waals surface area contributed by atoms with Gasteiger partial charge in [0.25, 0.3) is 5.56 Å². The first-order valence-electron chi connectivity index (χ1n) is 4.98. The molecule has 1 aliphatic rings. The molecule has 0 aliphatic carbocycles. The van der Waals surface area contributed by atoms with Crippen LogP contribution in [0.5, 0.6) is 0 Å². The zero-order chi connectivity index (χ0) is 12.6. The number of hydrogen-bond donors (Lipinski definition) is 4. The summed E-state index contributed by atoms with van der Waals surface area (Å²) in [6.45, 7) is -0.214. The molecule has 0 saturated carbocycles. The highest BCUT2D eigenvalue weighted by atomic mass is 16.5. The van der Waals surface area contributed by atoms with Gasteiger partial charge in [-0.1, -0.05) is 0 Å². The van der Waals surface area contributed by atoms with Gasteiger partial charge in [0.05, 0.1) is 6.61 Å². The van der Waals surface area contributed by atoms with Crippen LogP contribution in [0.3, 0.4) is 0 Å². The number of aliphatic hydroxyl groups excluding tert-OH is 3. The predicted octanol–water partition coefficient (Wildman–Crippen LogP) is -2.85. The van der Waals surface area contributed by atoms with E-state index in [2.05, 4.69) is 0 Å². The second-order valence-corrected chi connectivity index (χ2v) is 3.79. The zero-order valence-corrected chi connectivity index (χ0v) is 8.68. The molecule has 0 spiro atoms. The third kappa shape index (κ3) is 2.15. The molecular weight excluding hydrogens is 232 g/mol. The number of aliphatic hydroxyl groups is 3. The summed E-state index contributed by atoms with van der Waals surface area (Å²) in [6.07, 6.45) is -4.06. The highest BCUT2D eigenvalue weighted by molar-refractivity contribution is 4.90. The van der Waals surface area contributed by atoms with Crippen LogP contribution in [-0.2, 0) is 4.74 Å². The summed E-state index contributed by atoms with van der Waals surface area (Å²) in [7, 11) is 0. The van der Waals surface area contributed by atoms with Crippen LogP contribution < -0.4 is 11.2 Å². The molecule has 1 saturated heterocycles. The summed E-state index contributed by atoms with van der Waals surface area (Å²) >= 11 is 0. The van der Waals surface area contributed by atoms with Crippen molar-refractivity contribution in [1.82, 2.24) is 9.55 Å². The van der Waals surface area contributed by atoms with Gasteiger partial charge < -0.3 is 20.1 Å². The van der Waals surface area contributed by atoms with Gasteiger partial charge in [0.2, 0.25) is 0 Å². The monoisotopic (exact) mass is 244 g/mol. The number of rotatable bonds is 1. The maximum absolute atomic E-state index is 11.4. The van der Waals surface area contributed by atoms with E-state index in [1.807, 2.05) is 4.98 Å². The lowest BCUT2D eigenvalue weighted by atomic mass is 10.0. The molecular formula is C9H12N2O6. The van der Waals surface area contributed by atoms with E-state index in [-0.39, 0.29) is 6.61 Å². The lowest BCUT2D eigenvalue weighted by Crippen LogP contribution is -2.52. The lowest BCUT2D eigenvalue weighted by Gasteiger charge is -2.35. The van der Waals surface area contributed by atoms with E-state index < -0.39 is 35.8 Å². The van der Waals surface area contributed by atoms with Crippen molar-refractivity contribution < 1.29 is 20.1 Å². The molecule has 0 bridgehead atoms. The van der Waals surface area contributed by atoms with Crippen molar-refractivity contribution in [2.75, 3.05) is 6.61 Å². The number of aromatic nitrogens is 2. The Morgan fingerprint density at radius 1 is 1.29 bits per heavy atom. The fraction of sp³-hybridized carbons (Fsp3) is 0.556. The number of hydrogen-bond acceptors (Lipinski definition) is 6. The molecule has 17 heavy (non-hydrogen) atoms. The van der Waals surface area contributed by atoms with Crippen LogP contribution in [0.4, 0.5) is 0 Å². The molecule has 4 atom stereocenters. The van der Waals surface area contributed by atoms with Gasteiger partial charge in [0.15, 0.2) is 6.23 Å². The van der Waals surface area contributed by atoms with Gasteiger partial charge in [-0.05, 0) is 0 Å². The van der Waals surface area contributed by atoms with E-state index in [9.17, 15) is 24.9 Å². The molecule has 2 heterocycles. The van der Waals surface area contributed by atoms with Crippen LogP contribution in [0.1, 0.15) is 6.23 Å². The Morgan fingerprint density at radius 2 is 2.00 bits per heavy atom. The number of nitrogens with one attached hydrogen (secondary N) is 1. The Labute approximate surface area is 94.7 Å². The van der Waals surface area contributed by atoms with Gasteiger partial charge in [-0.25, -0.2) is 4.79 Å². The summed E-state index contributed by atoms with van der Waals surface area (Å²) in [5, 5.41) is 28.4. The van der Waals surface area contributed by atoms with Crippen molar-refractivity contribution in [3.63, 3.8) is 0 Å². The summed E-state index contributed by atoms with van der Waals surface area (Å²) in [5.74, 6) is 0. The van der Waals surface area contributed by atoms with Gasteiger partial charge in [0.1, 0.15) is 18.3 Å². The molecule has 1 fully saturated rings. The zero-order valence-electron chi connectivity index (χ0n) is 8.68. The van der Waals surface area contributed by atoms with Crippen LogP contribution in [0.15, 0.2) is 21.9 Å². The summed E-state index contributed by atoms with van der Waals surface area (Å²) in [4.78, 5) is 24.3. The van der Waals surface area contributed by atoms with E-state index >= 15 is 0 Å². The topological polar surface area (TPSA) is 125 Å². The average Bonchev–Trinajstić information content (AvgIpc) is 2.28. The Morgan fingerprint density at radius 3 is 2.65 bits per heavy atom. The fourth-order valence-electron chi connectivity index (χ4n) is 1.66. The van der Waals surface area contributed by atoms with E-state index in [1.165, 1.54) is 0 Å². The molecule has 1 aromatic heterocycles. The molecule has 8 nitrogen and oxygen atoms in total. The first-order valence-corrected chi connectivity index (χ1v) is 4.98. The summed E-state index contributed by atoms with van der Waals surface area (Å²) < 4.78 is 6.01. The first kappa shape index (κ1) is 12.0. The van der Waals surface area contributed by atoms with Crippen molar-refractivity contribution in [3.05, 3.63) is 33.1 Å².